The maximum absolute atomic E-state index is 13.3. The molecule has 2 amide bonds. The second kappa shape index (κ2) is 11.0. The van der Waals surface area contributed by atoms with E-state index in [-0.39, 0.29) is 30.3 Å². The first kappa shape index (κ1) is 24.2. The number of nitrogens with zero attached hydrogens (tertiary/aromatic N) is 2. The van der Waals surface area contributed by atoms with Crippen LogP contribution in [0.2, 0.25) is 0 Å². The predicted octanol–water partition coefficient (Wildman–Crippen LogP) is 5.48. The van der Waals surface area contributed by atoms with Crippen molar-refractivity contribution >= 4 is 23.4 Å². The van der Waals surface area contributed by atoms with Crippen LogP contribution in [-0.4, -0.2) is 29.3 Å². The van der Waals surface area contributed by atoms with Crippen LogP contribution in [-0.2, 0) is 20.9 Å². The number of ether oxygens (including phenoxy) is 1. The summed E-state index contributed by atoms with van der Waals surface area (Å²) in [5.74, 6) is 0.127. The number of para-hydroxylation sites is 1. The number of aryl methyl sites for hydroxylation is 1. The van der Waals surface area contributed by atoms with Gasteiger partial charge in [-0.1, -0.05) is 80.9 Å². The number of nitrogens with one attached hydrogen (secondary N) is 1. The molecule has 2 atom stereocenters. The van der Waals surface area contributed by atoms with Crippen LogP contribution in [0.5, 0.6) is 0 Å². The number of hydrogen-bond donors (Lipinski definition) is 1. The topological polar surface area (TPSA) is 71.0 Å². The van der Waals surface area contributed by atoms with E-state index < -0.39 is 0 Å². The Morgan fingerprint density at radius 2 is 1.71 bits per heavy atom. The van der Waals surface area contributed by atoms with Gasteiger partial charge in [0.05, 0.1) is 12.5 Å². The average Bonchev–Trinajstić information content (AvgIpc) is 2.88. The number of carbonyl (C=O) groups excluding carboxylic acids is 2. The lowest BCUT2D eigenvalue weighted by molar-refractivity contribution is -0.136. The van der Waals surface area contributed by atoms with Crippen molar-refractivity contribution in [2.45, 2.75) is 39.7 Å². The molecule has 4 rings (SSSR count). The van der Waals surface area contributed by atoms with Gasteiger partial charge in [0.2, 0.25) is 11.8 Å². The molecular weight excluding hydrogens is 438 g/mol. The summed E-state index contributed by atoms with van der Waals surface area (Å²) in [4.78, 5) is 25.7. The highest BCUT2D eigenvalue weighted by Gasteiger charge is 2.27. The minimum absolute atomic E-state index is 0.0122. The number of amides is 2. The highest BCUT2D eigenvalue weighted by Crippen LogP contribution is 2.30. The molecule has 0 aliphatic carbocycles. The third-order valence-electron chi connectivity index (χ3n) is 6.42. The van der Waals surface area contributed by atoms with Gasteiger partial charge in [0, 0.05) is 11.3 Å². The Kier molecular flexibility index (Phi) is 7.60. The molecule has 0 spiro atoms. The van der Waals surface area contributed by atoms with E-state index in [0.717, 1.165) is 34.4 Å². The summed E-state index contributed by atoms with van der Waals surface area (Å²) in [6.07, 6.45) is 0.882. The van der Waals surface area contributed by atoms with E-state index in [0.29, 0.717) is 12.4 Å². The van der Waals surface area contributed by atoms with Crippen LogP contribution < -0.4 is 5.32 Å². The van der Waals surface area contributed by atoms with Crippen LogP contribution in [0.15, 0.2) is 84.0 Å². The van der Waals surface area contributed by atoms with Crippen molar-refractivity contribution in [2.24, 2.45) is 11.0 Å². The van der Waals surface area contributed by atoms with Gasteiger partial charge in [-0.2, -0.15) is 0 Å². The second-order valence-corrected chi connectivity index (χ2v) is 8.92. The van der Waals surface area contributed by atoms with Gasteiger partial charge in [0.25, 0.3) is 5.91 Å². The quantitative estimate of drug-likeness (QED) is 0.475. The van der Waals surface area contributed by atoms with Gasteiger partial charge in [-0.05, 0) is 47.7 Å². The summed E-state index contributed by atoms with van der Waals surface area (Å²) in [6.45, 7) is 6.48. The van der Waals surface area contributed by atoms with Crippen LogP contribution in [0, 0.1) is 12.8 Å². The van der Waals surface area contributed by atoms with E-state index in [9.17, 15) is 9.59 Å². The van der Waals surface area contributed by atoms with Crippen molar-refractivity contribution in [1.82, 2.24) is 5.01 Å². The van der Waals surface area contributed by atoms with Gasteiger partial charge >= 0.3 is 0 Å². The second-order valence-electron chi connectivity index (χ2n) is 8.92. The molecule has 1 heterocycles. The van der Waals surface area contributed by atoms with Crippen LogP contribution in [0.25, 0.3) is 0 Å². The number of carbonyl (C=O) groups is 2. The summed E-state index contributed by atoms with van der Waals surface area (Å²) in [5.41, 5.74) is 4.58. The summed E-state index contributed by atoms with van der Waals surface area (Å²) in [5, 5.41) is 8.97. The molecule has 1 N–H and O–H groups in total. The van der Waals surface area contributed by atoms with Gasteiger partial charge in [-0.3, -0.25) is 9.59 Å². The molecule has 0 saturated heterocycles. The Morgan fingerprint density at radius 3 is 2.40 bits per heavy atom. The lowest BCUT2D eigenvalue weighted by atomic mass is 9.84. The van der Waals surface area contributed by atoms with Crippen LogP contribution >= 0.6 is 0 Å². The third-order valence-corrected chi connectivity index (χ3v) is 6.42. The van der Waals surface area contributed by atoms with Crippen molar-refractivity contribution in [3.05, 3.63) is 101 Å². The molecule has 0 saturated carbocycles. The largest absolute Gasteiger partial charge is 0.466 e. The molecule has 0 aromatic heterocycles. The van der Waals surface area contributed by atoms with E-state index in [2.05, 4.69) is 24.3 Å². The fraction of sp³-hybridized carbons (Fsp3) is 0.276. The number of benzene rings is 3. The third kappa shape index (κ3) is 5.77. The molecule has 0 radical (unpaired) electrons. The normalized spacial score (nSPS) is 15.1. The predicted molar refractivity (Wildman–Crippen MR) is 138 cm³/mol. The zero-order valence-corrected chi connectivity index (χ0v) is 20.4. The first-order valence-corrected chi connectivity index (χ1v) is 12.0. The van der Waals surface area contributed by atoms with Crippen molar-refractivity contribution in [3.8, 4) is 0 Å². The van der Waals surface area contributed by atoms with Gasteiger partial charge in [0.15, 0.2) is 6.61 Å². The summed E-state index contributed by atoms with van der Waals surface area (Å²) < 4.78 is 5.53. The Hall–Kier alpha value is -3.93. The lowest BCUT2D eigenvalue weighted by Gasteiger charge is -2.25. The van der Waals surface area contributed by atoms with Crippen LogP contribution in [0.4, 0.5) is 5.69 Å². The zero-order chi connectivity index (χ0) is 24.8. The fourth-order valence-electron chi connectivity index (χ4n) is 4.15. The Balaban J connectivity index is 1.51. The molecule has 6 nitrogen and oxygen atoms in total. The SMILES string of the molecule is CCC(C)C(C(=O)Nc1ccccc1C)c1ccc(CN2N=C(c3ccccc3)OCC2=O)cc1. The Labute approximate surface area is 206 Å². The highest BCUT2D eigenvalue weighted by molar-refractivity contribution is 5.98. The summed E-state index contributed by atoms with van der Waals surface area (Å²) in [6, 6.07) is 25.2. The molecule has 0 fully saturated rings. The molecule has 3 aromatic rings. The number of anilines is 1. The standard InChI is InChI=1S/C29H31N3O3/c1-4-20(2)27(28(34)30-25-13-9-8-10-21(25)3)23-16-14-22(15-17-23)18-32-26(33)19-35-29(31-32)24-11-6-5-7-12-24/h5-17,20,27H,4,18-19H2,1-3H3,(H,30,34). The molecule has 35 heavy (non-hydrogen) atoms. The molecule has 6 heteroatoms. The number of hydrazone groups is 1. The van der Waals surface area contributed by atoms with E-state index in [1.54, 1.807) is 0 Å². The van der Waals surface area contributed by atoms with E-state index in [1.165, 1.54) is 5.01 Å². The maximum atomic E-state index is 13.3. The van der Waals surface area contributed by atoms with Crippen LogP contribution in [0.1, 0.15) is 48.4 Å². The Morgan fingerprint density at radius 1 is 1.03 bits per heavy atom. The van der Waals surface area contributed by atoms with Gasteiger partial charge in [-0.15, -0.1) is 5.10 Å². The number of rotatable bonds is 8. The minimum atomic E-state index is -0.277. The van der Waals surface area contributed by atoms with E-state index in [1.807, 2.05) is 85.8 Å². The molecule has 180 valence electrons. The fourth-order valence-corrected chi connectivity index (χ4v) is 4.15. The zero-order valence-electron chi connectivity index (χ0n) is 20.4. The molecule has 2 unspecified atom stereocenters. The van der Waals surface area contributed by atoms with Crippen molar-refractivity contribution in [1.29, 1.82) is 0 Å². The van der Waals surface area contributed by atoms with Crippen molar-refractivity contribution in [3.63, 3.8) is 0 Å². The Bertz CT molecular complexity index is 1210. The van der Waals surface area contributed by atoms with Gasteiger partial charge in [-0.25, -0.2) is 5.01 Å². The average molecular weight is 470 g/mol. The lowest BCUT2D eigenvalue weighted by Crippen LogP contribution is -2.36. The van der Waals surface area contributed by atoms with E-state index >= 15 is 0 Å². The maximum Gasteiger partial charge on any atom is 0.281 e. The molecule has 3 aromatic carbocycles. The molecule has 0 bridgehead atoms. The highest BCUT2D eigenvalue weighted by atomic mass is 16.5. The minimum Gasteiger partial charge on any atom is -0.466 e. The summed E-state index contributed by atoms with van der Waals surface area (Å²) in [7, 11) is 0. The molecule has 1 aliphatic rings. The van der Waals surface area contributed by atoms with Crippen LogP contribution in [0.3, 0.4) is 0 Å². The smallest absolute Gasteiger partial charge is 0.281 e. The summed E-state index contributed by atoms with van der Waals surface area (Å²) >= 11 is 0. The van der Waals surface area contributed by atoms with Gasteiger partial charge in [0.1, 0.15) is 0 Å². The van der Waals surface area contributed by atoms with E-state index in [4.69, 9.17) is 4.74 Å². The first-order valence-electron chi connectivity index (χ1n) is 12.0. The van der Waals surface area contributed by atoms with Crippen molar-refractivity contribution in [2.75, 3.05) is 11.9 Å². The first-order chi connectivity index (χ1) is 17.0. The van der Waals surface area contributed by atoms with Crippen molar-refractivity contribution < 1.29 is 14.3 Å². The number of hydrogen-bond acceptors (Lipinski definition) is 4. The molecular formula is C29H31N3O3. The monoisotopic (exact) mass is 469 g/mol. The molecule has 1 aliphatic heterocycles. The van der Waals surface area contributed by atoms with Gasteiger partial charge < -0.3 is 10.1 Å².